The van der Waals surface area contributed by atoms with Crippen molar-refractivity contribution >= 4 is 0 Å². The molecular weight excluding hydrogens is 254 g/mol. The molecule has 104 valence electrons. The van der Waals surface area contributed by atoms with Crippen molar-refractivity contribution in [3.8, 4) is 5.69 Å². The van der Waals surface area contributed by atoms with Crippen molar-refractivity contribution in [2.45, 2.75) is 25.0 Å². The number of likely N-dealkylation sites (tertiary alicyclic amines) is 1. The molecule has 0 amide bonds. The molecule has 20 heavy (non-hydrogen) atoms. The second-order valence-electron chi connectivity index (χ2n) is 5.87. The van der Waals surface area contributed by atoms with Crippen LogP contribution in [-0.2, 0) is 6.54 Å². The third kappa shape index (κ3) is 2.01. The summed E-state index contributed by atoms with van der Waals surface area (Å²) in [5, 5.41) is 22.3. The molecule has 0 atom stereocenters. The summed E-state index contributed by atoms with van der Waals surface area (Å²) in [5.74, 6) is 1.33. The van der Waals surface area contributed by atoms with Gasteiger partial charge in [-0.05, 0) is 41.3 Å². The monoisotopic (exact) mass is 271 g/mol. The molecule has 1 saturated carbocycles. The summed E-state index contributed by atoms with van der Waals surface area (Å²) in [7, 11) is 0. The lowest BCUT2D eigenvalue weighted by molar-refractivity contribution is -0.117. The van der Waals surface area contributed by atoms with Crippen molar-refractivity contribution in [3.05, 3.63) is 36.2 Å². The van der Waals surface area contributed by atoms with Gasteiger partial charge < -0.3 is 5.11 Å². The van der Waals surface area contributed by atoms with E-state index in [9.17, 15) is 5.11 Å². The van der Waals surface area contributed by atoms with Crippen LogP contribution in [0.15, 0.2) is 30.3 Å². The number of β-amino-alcohol motifs (C(OH)–C–C–N with tert-alkyl or cyclic N) is 1. The summed E-state index contributed by atoms with van der Waals surface area (Å²) in [6.07, 6.45) is 2.35. The molecule has 4 rings (SSSR count). The first-order valence-electron chi connectivity index (χ1n) is 7.02. The zero-order valence-electron chi connectivity index (χ0n) is 11.2. The molecule has 1 aliphatic heterocycles. The van der Waals surface area contributed by atoms with E-state index in [4.69, 9.17) is 0 Å². The first-order chi connectivity index (χ1) is 9.74. The number of aliphatic hydroxyl groups is 1. The lowest BCUT2D eigenvalue weighted by atomic mass is 9.89. The topological polar surface area (TPSA) is 67.1 Å². The van der Waals surface area contributed by atoms with Crippen LogP contribution in [0.5, 0.6) is 0 Å². The minimum atomic E-state index is -0.453. The molecule has 1 saturated heterocycles. The standard InChI is InChI=1S/C14H17N5O/c20-14(11-6-7-11)9-18(10-14)8-13-15-16-17-19(13)12-4-2-1-3-5-12/h1-5,11,20H,6-10H2. The van der Waals surface area contributed by atoms with Gasteiger partial charge in [-0.15, -0.1) is 5.10 Å². The maximum atomic E-state index is 10.3. The number of nitrogens with zero attached hydrogens (tertiary/aromatic N) is 5. The molecule has 2 fully saturated rings. The van der Waals surface area contributed by atoms with Gasteiger partial charge in [0.1, 0.15) is 0 Å². The summed E-state index contributed by atoms with van der Waals surface area (Å²) in [6.45, 7) is 2.15. The molecule has 2 aromatic rings. The predicted octanol–water partition coefficient (Wildman–Crippen LogP) is 0.619. The number of hydrogen-bond acceptors (Lipinski definition) is 5. The minimum absolute atomic E-state index is 0.453. The molecule has 0 spiro atoms. The van der Waals surface area contributed by atoms with Crippen LogP contribution in [0.1, 0.15) is 18.7 Å². The highest BCUT2D eigenvalue weighted by molar-refractivity contribution is 5.30. The maximum Gasteiger partial charge on any atom is 0.170 e. The highest BCUT2D eigenvalue weighted by Crippen LogP contribution is 2.44. The summed E-state index contributed by atoms with van der Waals surface area (Å²) in [5.41, 5.74) is 0.510. The van der Waals surface area contributed by atoms with E-state index in [0.29, 0.717) is 12.5 Å². The van der Waals surface area contributed by atoms with Crippen molar-refractivity contribution in [1.82, 2.24) is 25.1 Å². The maximum absolute atomic E-state index is 10.3. The van der Waals surface area contributed by atoms with Gasteiger partial charge in [0.05, 0.1) is 17.8 Å². The Morgan fingerprint density at radius 1 is 1.20 bits per heavy atom. The zero-order chi connectivity index (χ0) is 13.6. The van der Waals surface area contributed by atoms with Gasteiger partial charge in [0.15, 0.2) is 5.82 Å². The molecule has 0 bridgehead atoms. The Morgan fingerprint density at radius 3 is 2.65 bits per heavy atom. The van der Waals surface area contributed by atoms with E-state index >= 15 is 0 Å². The third-order valence-electron chi connectivity index (χ3n) is 4.23. The predicted molar refractivity (Wildman–Crippen MR) is 72.1 cm³/mol. The smallest absolute Gasteiger partial charge is 0.170 e. The first-order valence-corrected chi connectivity index (χ1v) is 7.02. The Balaban J connectivity index is 1.47. The van der Waals surface area contributed by atoms with E-state index in [2.05, 4.69) is 20.4 Å². The minimum Gasteiger partial charge on any atom is -0.387 e. The van der Waals surface area contributed by atoms with Crippen molar-refractivity contribution in [1.29, 1.82) is 0 Å². The van der Waals surface area contributed by atoms with Gasteiger partial charge >= 0.3 is 0 Å². The van der Waals surface area contributed by atoms with Gasteiger partial charge in [-0.1, -0.05) is 18.2 Å². The zero-order valence-corrected chi connectivity index (χ0v) is 11.2. The summed E-state index contributed by atoms with van der Waals surface area (Å²) < 4.78 is 1.76. The number of tetrazole rings is 1. The van der Waals surface area contributed by atoms with Crippen LogP contribution in [0.25, 0.3) is 5.69 Å². The Bertz CT molecular complexity index is 601. The van der Waals surface area contributed by atoms with E-state index in [0.717, 1.165) is 24.6 Å². The SMILES string of the molecule is OC1(C2CC2)CN(Cc2nnnn2-c2ccccc2)C1. The van der Waals surface area contributed by atoms with Gasteiger partial charge in [-0.2, -0.15) is 4.68 Å². The van der Waals surface area contributed by atoms with E-state index in [-0.39, 0.29) is 0 Å². The Hall–Kier alpha value is -1.79. The Morgan fingerprint density at radius 2 is 1.95 bits per heavy atom. The van der Waals surface area contributed by atoms with Gasteiger partial charge in [0, 0.05) is 13.1 Å². The van der Waals surface area contributed by atoms with Crippen LogP contribution < -0.4 is 0 Å². The fraction of sp³-hybridized carbons (Fsp3) is 0.500. The summed E-state index contributed by atoms with van der Waals surface area (Å²) in [4.78, 5) is 2.20. The van der Waals surface area contributed by atoms with Crippen molar-refractivity contribution in [2.75, 3.05) is 13.1 Å². The van der Waals surface area contributed by atoms with E-state index in [1.807, 2.05) is 30.3 Å². The van der Waals surface area contributed by atoms with Crippen molar-refractivity contribution in [2.24, 2.45) is 5.92 Å². The van der Waals surface area contributed by atoms with Crippen LogP contribution in [0.3, 0.4) is 0 Å². The van der Waals surface area contributed by atoms with E-state index < -0.39 is 5.60 Å². The number of aromatic nitrogens is 4. The molecule has 6 heteroatoms. The van der Waals surface area contributed by atoms with Gasteiger partial charge in [-0.25, -0.2) is 0 Å². The fourth-order valence-corrected chi connectivity index (χ4v) is 2.99. The lowest BCUT2D eigenvalue weighted by Gasteiger charge is -2.46. The molecule has 1 aliphatic carbocycles. The molecule has 2 aliphatic rings. The molecule has 0 unspecified atom stereocenters. The van der Waals surface area contributed by atoms with Gasteiger partial charge in [-0.3, -0.25) is 4.90 Å². The number of para-hydroxylation sites is 1. The number of rotatable bonds is 4. The van der Waals surface area contributed by atoms with Gasteiger partial charge in [0.25, 0.3) is 0 Å². The molecular formula is C14H17N5O. The van der Waals surface area contributed by atoms with Crippen LogP contribution in [0, 0.1) is 5.92 Å². The van der Waals surface area contributed by atoms with Crippen LogP contribution in [-0.4, -0.2) is 48.9 Å². The second kappa shape index (κ2) is 4.36. The Kier molecular flexibility index (Phi) is 2.61. The second-order valence-corrected chi connectivity index (χ2v) is 5.87. The van der Waals surface area contributed by atoms with Crippen LogP contribution in [0.4, 0.5) is 0 Å². The van der Waals surface area contributed by atoms with E-state index in [1.54, 1.807) is 4.68 Å². The van der Waals surface area contributed by atoms with Gasteiger partial charge in [0.2, 0.25) is 0 Å². The number of benzene rings is 1. The first kappa shape index (κ1) is 12.0. The summed E-state index contributed by atoms with van der Waals surface area (Å²) >= 11 is 0. The fourth-order valence-electron chi connectivity index (χ4n) is 2.99. The average molecular weight is 271 g/mol. The normalized spacial score (nSPS) is 21.6. The quantitative estimate of drug-likeness (QED) is 0.883. The molecule has 1 aromatic carbocycles. The highest BCUT2D eigenvalue weighted by atomic mass is 16.3. The van der Waals surface area contributed by atoms with E-state index in [1.165, 1.54) is 12.8 Å². The summed E-state index contributed by atoms with van der Waals surface area (Å²) in [6, 6.07) is 9.87. The Labute approximate surface area is 117 Å². The molecule has 0 radical (unpaired) electrons. The van der Waals surface area contributed by atoms with Crippen LogP contribution in [0.2, 0.25) is 0 Å². The molecule has 1 N–H and O–H groups in total. The largest absolute Gasteiger partial charge is 0.387 e. The van der Waals surface area contributed by atoms with Crippen LogP contribution >= 0.6 is 0 Å². The average Bonchev–Trinajstić information content (AvgIpc) is 3.19. The lowest BCUT2D eigenvalue weighted by Crippen LogP contribution is -2.62. The molecule has 6 nitrogen and oxygen atoms in total. The number of hydrogen-bond donors (Lipinski definition) is 1. The highest BCUT2D eigenvalue weighted by Gasteiger charge is 2.51. The molecule has 1 aromatic heterocycles. The molecule has 2 heterocycles. The van der Waals surface area contributed by atoms with Crippen molar-refractivity contribution < 1.29 is 5.11 Å². The third-order valence-corrected chi connectivity index (χ3v) is 4.23. The van der Waals surface area contributed by atoms with Crippen molar-refractivity contribution in [3.63, 3.8) is 0 Å².